The molecule has 0 bridgehead atoms. The van der Waals surface area contributed by atoms with Crippen molar-refractivity contribution in [2.75, 3.05) is 0 Å². The Morgan fingerprint density at radius 3 is 2.35 bits per heavy atom. The number of benzene rings is 1. The van der Waals surface area contributed by atoms with Crippen molar-refractivity contribution in [2.24, 2.45) is 0 Å². The van der Waals surface area contributed by atoms with Gasteiger partial charge in [-0.3, -0.25) is 5.10 Å². The molecular formula is C9H7F2N3O2S. The Morgan fingerprint density at radius 2 is 1.88 bits per heavy atom. The molecule has 1 heterocycles. The first-order chi connectivity index (χ1) is 8.08. The van der Waals surface area contributed by atoms with Crippen molar-refractivity contribution in [2.45, 2.75) is 6.61 Å². The summed E-state index contributed by atoms with van der Waals surface area (Å²) in [6.45, 7) is -2.88. The van der Waals surface area contributed by atoms with Gasteiger partial charge in [0.15, 0.2) is 0 Å². The van der Waals surface area contributed by atoms with E-state index in [2.05, 4.69) is 14.9 Å². The predicted molar refractivity (Wildman–Crippen MR) is 58.2 cm³/mol. The van der Waals surface area contributed by atoms with Crippen LogP contribution in [0.15, 0.2) is 29.1 Å². The van der Waals surface area contributed by atoms with Crippen molar-refractivity contribution >= 4 is 12.2 Å². The molecule has 5 nitrogen and oxygen atoms in total. The highest BCUT2D eigenvalue weighted by molar-refractivity contribution is 7.71. The Bertz CT molecular complexity index is 587. The van der Waals surface area contributed by atoms with E-state index in [0.29, 0.717) is 5.69 Å². The van der Waals surface area contributed by atoms with Gasteiger partial charge in [-0.1, -0.05) is 0 Å². The Labute approximate surface area is 98.6 Å². The van der Waals surface area contributed by atoms with E-state index in [1.54, 1.807) is 0 Å². The van der Waals surface area contributed by atoms with E-state index < -0.39 is 12.3 Å². The fourth-order valence-corrected chi connectivity index (χ4v) is 1.56. The summed E-state index contributed by atoms with van der Waals surface area (Å²) in [5, 5.41) is 4.78. The number of rotatable bonds is 3. The molecule has 2 rings (SSSR count). The van der Waals surface area contributed by atoms with E-state index >= 15 is 0 Å². The minimum absolute atomic E-state index is 0.0160. The molecule has 90 valence electrons. The van der Waals surface area contributed by atoms with E-state index in [9.17, 15) is 13.6 Å². The largest absolute Gasteiger partial charge is 0.435 e. The van der Waals surface area contributed by atoms with Crippen molar-refractivity contribution < 1.29 is 13.5 Å². The van der Waals surface area contributed by atoms with Crippen LogP contribution < -0.4 is 10.4 Å². The summed E-state index contributed by atoms with van der Waals surface area (Å²) in [7, 11) is 0. The van der Waals surface area contributed by atoms with E-state index in [1.807, 2.05) is 0 Å². The number of hydrogen-bond donors (Lipinski definition) is 2. The molecule has 0 fully saturated rings. The van der Waals surface area contributed by atoms with Gasteiger partial charge in [-0.05, 0) is 36.5 Å². The van der Waals surface area contributed by atoms with Crippen LogP contribution in [-0.2, 0) is 0 Å². The summed E-state index contributed by atoms with van der Waals surface area (Å²) >= 11 is 4.88. The second-order valence-electron chi connectivity index (χ2n) is 3.07. The van der Waals surface area contributed by atoms with Gasteiger partial charge in [-0.2, -0.15) is 8.78 Å². The lowest BCUT2D eigenvalue weighted by Gasteiger charge is -2.05. The predicted octanol–water partition coefficient (Wildman–Crippen LogP) is 1.82. The second kappa shape index (κ2) is 4.50. The molecule has 0 unspecified atom stereocenters. The Kier molecular flexibility index (Phi) is 3.05. The maximum atomic E-state index is 11.9. The van der Waals surface area contributed by atoms with Crippen molar-refractivity contribution in [1.82, 2.24) is 14.8 Å². The summed E-state index contributed by atoms with van der Waals surface area (Å²) in [4.78, 5) is 11.4. The first kappa shape index (κ1) is 11.5. The molecule has 1 aromatic carbocycles. The molecular weight excluding hydrogens is 252 g/mol. The van der Waals surface area contributed by atoms with Crippen molar-refractivity contribution in [1.29, 1.82) is 0 Å². The van der Waals surface area contributed by atoms with Crippen LogP contribution in [0.5, 0.6) is 5.75 Å². The highest BCUT2D eigenvalue weighted by Crippen LogP contribution is 2.16. The van der Waals surface area contributed by atoms with Crippen LogP contribution in [-0.4, -0.2) is 21.4 Å². The quantitative estimate of drug-likeness (QED) is 0.826. The number of halogens is 2. The Balaban J connectivity index is 2.36. The molecule has 0 aliphatic rings. The number of H-pyrrole nitrogens is 2. The zero-order valence-corrected chi connectivity index (χ0v) is 9.13. The average Bonchev–Trinajstić information content (AvgIpc) is 2.59. The summed E-state index contributed by atoms with van der Waals surface area (Å²) < 4.78 is 29.4. The summed E-state index contributed by atoms with van der Waals surface area (Å²) in [5.74, 6) is 0.0160. The van der Waals surface area contributed by atoms with Gasteiger partial charge in [-0.15, -0.1) is 0 Å². The lowest BCUT2D eigenvalue weighted by Crippen LogP contribution is -2.14. The minimum atomic E-state index is -2.88. The van der Waals surface area contributed by atoms with Crippen LogP contribution in [0.1, 0.15) is 0 Å². The number of aromatic amines is 2. The van der Waals surface area contributed by atoms with Crippen molar-refractivity contribution in [3.63, 3.8) is 0 Å². The number of nitrogens with one attached hydrogen (secondary N) is 2. The van der Waals surface area contributed by atoms with Crippen LogP contribution in [0, 0.1) is 4.77 Å². The molecule has 0 saturated heterocycles. The normalized spacial score (nSPS) is 10.8. The molecule has 1 aromatic heterocycles. The number of alkyl halides is 2. The SMILES string of the molecule is O=c1[nH][nH]c(=S)n1-c1ccc(OC(F)F)cc1. The molecule has 8 heteroatoms. The molecule has 0 spiro atoms. The van der Waals surface area contributed by atoms with Crippen LogP contribution in [0.4, 0.5) is 8.78 Å². The van der Waals surface area contributed by atoms with Crippen LogP contribution in [0.25, 0.3) is 5.69 Å². The monoisotopic (exact) mass is 259 g/mol. The summed E-state index contributed by atoms with van der Waals surface area (Å²) in [6.07, 6.45) is 0. The van der Waals surface area contributed by atoms with Gasteiger partial charge >= 0.3 is 12.3 Å². The Morgan fingerprint density at radius 1 is 1.24 bits per heavy atom. The summed E-state index contributed by atoms with van der Waals surface area (Å²) in [5.41, 5.74) is 0.0247. The van der Waals surface area contributed by atoms with Gasteiger partial charge in [0.1, 0.15) is 5.75 Å². The van der Waals surface area contributed by atoms with Gasteiger partial charge in [0.05, 0.1) is 5.69 Å². The third kappa shape index (κ3) is 2.41. The lowest BCUT2D eigenvalue weighted by molar-refractivity contribution is -0.0498. The first-order valence-corrected chi connectivity index (χ1v) is 4.93. The maximum absolute atomic E-state index is 11.9. The van der Waals surface area contributed by atoms with Crippen LogP contribution in [0.3, 0.4) is 0 Å². The van der Waals surface area contributed by atoms with Gasteiger partial charge in [0.25, 0.3) is 0 Å². The van der Waals surface area contributed by atoms with Crippen molar-refractivity contribution in [3.05, 3.63) is 39.5 Å². The highest BCUT2D eigenvalue weighted by atomic mass is 32.1. The molecule has 0 amide bonds. The molecule has 0 radical (unpaired) electrons. The fourth-order valence-electron chi connectivity index (χ4n) is 1.32. The lowest BCUT2D eigenvalue weighted by atomic mass is 10.3. The van der Waals surface area contributed by atoms with Crippen LogP contribution in [0.2, 0.25) is 0 Å². The van der Waals surface area contributed by atoms with Gasteiger partial charge in [-0.25, -0.2) is 14.5 Å². The smallest absolute Gasteiger partial charge is 0.387 e. The minimum Gasteiger partial charge on any atom is -0.435 e. The number of aromatic nitrogens is 3. The second-order valence-corrected chi connectivity index (χ2v) is 3.45. The molecule has 2 N–H and O–H groups in total. The summed E-state index contributed by atoms with van der Waals surface area (Å²) in [6, 6.07) is 5.57. The van der Waals surface area contributed by atoms with Gasteiger partial charge < -0.3 is 4.74 Å². The molecule has 17 heavy (non-hydrogen) atoms. The Hall–Kier alpha value is -1.96. The van der Waals surface area contributed by atoms with Crippen LogP contribution >= 0.6 is 12.2 Å². The van der Waals surface area contributed by atoms with E-state index in [0.717, 1.165) is 0 Å². The topological polar surface area (TPSA) is 62.8 Å². The van der Waals surface area contributed by atoms with E-state index in [4.69, 9.17) is 12.2 Å². The third-order valence-corrected chi connectivity index (χ3v) is 2.29. The number of ether oxygens (including phenoxy) is 1. The standard InChI is InChI=1S/C9H7F2N3O2S/c10-7(11)16-6-3-1-5(2-4-6)14-8(15)12-13-9(14)17/h1-4,7H,(H,12,15)(H,13,17). The molecule has 2 aromatic rings. The molecule has 0 aliphatic carbocycles. The van der Waals surface area contributed by atoms with Gasteiger partial charge in [0, 0.05) is 0 Å². The van der Waals surface area contributed by atoms with Crippen molar-refractivity contribution in [3.8, 4) is 11.4 Å². The number of hydrogen-bond acceptors (Lipinski definition) is 3. The van der Waals surface area contributed by atoms with E-state index in [-0.39, 0.29) is 10.5 Å². The maximum Gasteiger partial charge on any atom is 0.387 e. The third-order valence-electron chi connectivity index (χ3n) is 2.00. The number of nitrogens with zero attached hydrogens (tertiary/aromatic N) is 1. The molecule has 0 atom stereocenters. The zero-order chi connectivity index (χ0) is 12.4. The molecule has 0 aliphatic heterocycles. The van der Waals surface area contributed by atoms with E-state index in [1.165, 1.54) is 28.8 Å². The molecule has 0 saturated carbocycles. The first-order valence-electron chi connectivity index (χ1n) is 4.53. The average molecular weight is 259 g/mol. The van der Waals surface area contributed by atoms with Gasteiger partial charge in [0.2, 0.25) is 4.77 Å². The highest BCUT2D eigenvalue weighted by Gasteiger charge is 2.06. The zero-order valence-electron chi connectivity index (χ0n) is 8.31. The fraction of sp³-hybridized carbons (Fsp3) is 0.111.